The molecule has 1 N–H and O–H groups in total. The summed E-state index contributed by atoms with van der Waals surface area (Å²) < 4.78 is 5.26. The average Bonchev–Trinajstić information content (AvgIpc) is 2.47. The van der Waals surface area contributed by atoms with Crippen LogP contribution in [0.1, 0.15) is 18.5 Å². The maximum Gasteiger partial charge on any atom is 0.138 e. The fraction of sp³-hybridized carbons (Fsp3) is 0.250. The molecule has 0 radical (unpaired) electrons. The molecule has 1 atom stereocenters. The predicted octanol–water partition coefficient (Wildman–Crippen LogP) is 4.30. The van der Waals surface area contributed by atoms with Crippen molar-refractivity contribution in [2.75, 3.05) is 14.2 Å². The predicted molar refractivity (Wildman–Crippen MR) is 80.9 cm³/mol. The first-order chi connectivity index (χ1) is 9.15. The summed E-state index contributed by atoms with van der Waals surface area (Å²) in [6.45, 7) is 2.14. The van der Waals surface area contributed by atoms with E-state index in [1.54, 1.807) is 7.11 Å². The summed E-state index contributed by atoms with van der Waals surface area (Å²) in [5.41, 5.74) is 3.52. The van der Waals surface area contributed by atoms with Gasteiger partial charge in [0.2, 0.25) is 0 Å². The topological polar surface area (TPSA) is 21.3 Å². The van der Waals surface area contributed by atoms with Crippen molar-refractivity contribution >= 4 is 11.6 Å². The lowest BCUT2D eigenvalue weighted by Crippen LogP contribution is -2.12. The first kappa shape index (κ1) is 13.9. The fourth-order valence-electron chi connectivity index (χ4n) is 1.99. The van der Waals surface area contributed by atoms with E-state index < -0.39 is 0 Å². The molecule has 0 amide bonds. The van der Waals surface area contributed by atoms with E-state index in [1.165, 1.54) is 5.56 Å². The van der Waals surface area contributed by atoms with Gasteiger partial charge in [-0.3, -0.25) is 0 Å². The Hall–Kier alpha value is -1.51. The molecule has 2 rings (SSSR count). The first-order valence-corrected chi connectivity index (χ1v) is 6.64. The minimum absolute atomic E-state index is 0.328. The molecule has 0 saturated carbocycles. The number of rotatable bonds is 4. The van der Waals surface area contributed by atoms with E-state index in [9.17, 15) is 0 Å². The van der Waals surface area contributed by atoms with E-state index in [0.29, 0.717) is 16.8 Å². The van der Waals surface area contributed by atoms with Gasteiger partial charge in [0.25, 0.3) is 0 Å². The van der Waals surface area contributed by atoms with Gasteiger partial charge in [-0.05, 0) is 48.9 Å². The summed E-state index contributed by atoms with van der Waals surface area (Å²) in [5, 5.41) is 3.88. The molecule has 0 aromatic heterocycles. The van der Waals surface area contributed by atoms with Gasteiger partial charge in [-0.1, -0.05) is 35.9 Å². The summed E-state index contributed by atoms with van der Waals surface area (Å²) in [4.78, 5) is 0. The first-order valence-electron chi connectivity index (χ1n) is 6.27. The Morgan fingerprint density at radius 3 is 2.53 bits per heavy atom. The molecule has 0 aliphatic rings. The second-order valence-corrected chi connectivity index (χ2v) is 4.89. The second-order valence-electron chi connectivity index (χ2n) is 4.49. The third-order valence-electron chi connectivity index (χ3n) is 3.30. The molecule has 100 valence electrons. The minimum atomic E-state index is 0.328. The molecule has 0 spiro atoms. The molecule has 0 fully saturated rings. The standard InChI is InChI=1S/C16H18ClNO/c1-11(18-2)12-5-4-6-13(9-12)14-7-8-15(17)16(10-14)19-3/h4-11,18H,1-3H3. The summed E-state index contributed by atoms with van der Waals surface area (Å²) >= 11 is 6.05. The van der Waals surface area contributed by atoms with Crippen LogP contribution in [0.15, 0.2) is 42.5 Å². The number of hydrogen-bond donors (Lipinski definition) is 1. The van der Waals surface area contributed by atoms with E-state index in [4.69, 9.17) is 16.3 Å². The molecule has 1 unspecified atom stereocenters. The Kier molecular flexibility index (Phi) is 4.46. The zero-order valence-electron chi connectivity index (χ0n) is 11.4. The van der Waals surface area contributed by atoms with Gasteiger partial charge in [0, 0.05) is 6.04 Å². The van der Waals surface area contributed by atoms with E-state index in [2.05, 4.69) is 36.5 Å². The van der Waals surface area contributed by atoms with Crippen LogP contribution in [0.5, 0.6) is 5.75 Å². The van der Waals surface area contributed by atoms with Crippen LogP contribution >= 0.6 is 11.6 Å². The SMILES string of the molecule is CNC(C)c1cccc(-c2ccc(Cl)c(OC)c2)c1. The van der Waals surface area contributed by atoms with Crippen LogP contribution in [0.4, 0.5) is 0 Å². The van der Waals surface area contributed by atoms with Crippen molar-refractivity contribution in [3.63, 3.8) is 0 Å². The highest BCUT2D eigenvalue weighted by atomic mass is 35.5. The highest BCUT2D eigenvalue weighted by molar-refractivity contribution is 6.32. The number of hydrogen-bond acceptors (Lipinski definition) is 2. The quantitative estimate of drug-likeness (QED) is 0.898. The highest BCUT2D eigenvalue weighted by Gasteiger charge is 2.07. The van der Waals surface area contributed by atoms with Gasteiger partial charge in [-0.15, -0.1) is 0 Å². The van der Waals surface area contributed by atoms with Gasteiger partial charge in [0.1, 0.15) is 5.75 Å². The van der Waals surface area contributed by atoms with E-state index >= 15 is 0 Å². The third kappa shape index (κ3) is 3.09. The zero-order valence-corrected chi connectivity index (χ0v) is 12.2. The lowest BCUT2D eigenvalue weighted by atomic mass is 10.00. The number of benzene rings is 2. The maximum absolute atomic E-state index is 6.05. The van der Waals surface area contributed by atoms with E-state index in [0.717, 1.165) is 11.1 Å². The highest BCUT2D eigenvalue weighted by Crippen LogP contribution is 2.31. The lowest BCUT2D eigenvalue weighted by Gasteiger charge is -2.13. The average molecular weight is 276 g/mol. The van der Waals surface area contributed by atoms with Crippen molar-refractivity contribution in [3.05, 3.63) is 53.1 Å². The molecule has 3 heteroatoms. The normalized spacial score (nSPS) is 12.2. The van der Waals surface area contributed by atoms with Gasteiger partial charge >= 0.3 is 0 Å². The van der Waals surface area contributed by atoms with Crippen molar-refractivity contribution < 1.29 is 4.74 Å². The van der Waals surface area contributed by atoms with Crippen molar-refractivity contribution in [1.29, 1.82) is 0 Å². The monoisotopic (exact) mass is 275 g/mol. The van der Waals surface area contributed by atoms with E-state index in [1.807, 2.05) is 25.2 Å². The lowest BCUT2D eigenvalue weighted by molar-refractivity contribution is 0.415. The van der Waals surface area contributed by atoms with Crippen molar-refractivity contribution in [2.45, 2.75) is 13.0 Å². The summed E-state index contributed by atoms with van der Waals surface area (Å²) in [7, 11) is 3.59. The fourth-order valence-corrected chi connectivity index (χ4v) is 2.19. The second kappa shape index (κ2) is 6.09. The Morgan fingerprint density at radius 1 is 1.11 bits per heavy atom. The molecular weight excluding hydrogens is 258 g/mol. The van der Waals surface area contributed by atoms with Crippen molar-refractivity contribution in [2.24, 2.45) is 0 Å². The molecule has 19 heavy (non-hydrogen) atoms. The smallest absolute Gasteiger partial charge is 0.138 e. The summed E-state index contributed by atoms with van der Waals surface area (Å²) in [6, 6.07) is 14.6. The summed E-state index contributed by atoms with van der Waals surface area (Å²) in [6.07, 6.45) is 0. The van der Waals surface area contributed by atoms with E-state index in [-0.39, 0.29) is 0 Å². The maximum atomic E-state index is 6.05. The van der Waals surface area contributed by atoms with Gasteiger partial charge in [0.05, 0.1) is 12.1 Å². The molecule has 0 heterocycles. The number of methoxy groups -OCH3 is 1. The Morgan fingerprint density at radius 2 is 1.84 bits per heavy atom. The Bertz CT molecular complexity index is 568. The van der Waals surface area contributed by atoms with Crippen LogP contribution in [0.2, 0.25) is 5.02 Å². The molecule has 2 nitrogen and oxygen atoms in total. The molecule has 0 saturated heterocycles. The van der Waals surface area contributed by atoms with Crippen LogP contribution in [0.25, 0.3) is 11.1 Å². The van der Waals surface area contributed by atoms with Crippen LogP contribution in [-0.2, 0) is 0 Å². The van der Waals surface area contributed by atoms with Crippen LogP contribution in [0.3, 0.4) is 0 Å². The third-order valence-corrected chi connectivity index (χ3v) is 3.62. The van der Waals surface area contributed by atoms with Gasteiger partial charge in [-0.25, -0.2) is 0 Å². The zero-order chi connectivity index (χ0) is 13.8. The number of nitrogens with one attached hydrogen (secondary N) is 1. The Labute approximate surface area is 119 Å². The molecular formula is C16H18ClNO. The largest absolute Gasteiger partial charge is 0.495 e. The van der Waals surface area contributed by atoms with Crippen LogP contribution in [0, 0.1) is 0 Å². The van der Waals surface area contributed by atoms with Gasteiger partial charge < -0.3 is 10.1 Å². The minimum Gasteiger partial charge on any atom is -0.495 e. The molecule has 2 aromatic rings. The Balaban J connectivity index is 2.41. The molecule has 0 bridgehead atoms. The number of ether oxygens (including phenoxy) is 1. The number of halogens is 1. The van der Waals surface area contributed by atoms with Crippen molar-refractivity contribution in [1.82, 2.24) is 5.32 Å². The van der Waals surface area contributed by atoms with Crippen LogP contribution < -0.4 is 10.1 Å². The molecule has 2 aromatic carbocycles. The molecule has 0 aliphatic carbocycles. The van der Waals surface area contributed by atoms with Gasteiger partial charge in [0.15, 0.2) is 0 Å². The van der Waals surface area contributed by atoms with Crippen LogP contribution in [-0.4, -0.2) is 14.2 Å². The molecule has 0 aliphatic heterocycles. The van der Waals surface area contributed by atoms with Gasteiger partial charge in [-0.2, -0.15) is 0 Å². The van der Waals surface area contributed by atoms with Crippen molar-refractivity contribution in [3.8, 4) is 16.9 Å². The summed E-state index contributed by atoms with van der Waals surface area (Å²) in [5.74, 6) is 0.700.